The molecule has 0 bridgehead atoms. The average Bonchev–Trinajstić information content (AvgIpc) is 3.14. The van der Waals surface area contributed by atoms with E-state index in [4.69, 9.17) is 9.72 Å². The van der Waals surface area contributed by atoms with Crippen molar-refractivity contribution in [1.29, 1.82) is 0 Å². The Kier molecular flexibility index (Phi) is 5.40. The van der Waals surface area contributed by atoms with E-state index in [0.717, 1.165) is 28.4 Å². The van der Waals surface area contributed by atoms with Crippen LogP contribution in [0, 0.1) is 0 Å². The summed E-state index contributed by atoms with van der Waals surface area (Å²) < 4.78 is 5.06. The number of hydrogen-bond acceptors (Lipinski definition) is 5. The van der Waals surface area contributed by atoms with Gasteiger partial charge in [0.25, 0.3) is 5.56 Å². The lowest BCUT2D eigenvalue weighted by Gasteiger charge is -2.31. The molecule has 1 aromatic carbocycles. The van der Waals surface area contributed by atoms with Crippen LogP contribution in [0.5, 0.6) is 0 Å². The molecule has 8 heteroatoms. The van der Waals surface area contributed by atoms with Gasteiger partial charge >= 0.3 is 6.09 Å². The van der Waals surface area contributed by atoms with Crippen molar-refractivity contribution >= 4 is 27.6 Å². The molecule has 7 nitrogen and oxygen atoms in total. The molecule has 28 heavy (non-hydrogen) atoms. The lowest BCUT2D eigenvalue weighted by Crippen LogP contribution is -3.13. The van der Waals surface area contributed by atoms with Crippen molar-refractivity contribution < 1.29 is 14.4 Å². The number of aromatic amines is 1. The molecule has 0 aliphatic carbocycles. The third-order valence-corrected chi connectivity index (χ3v) is 6.00. The molecule has 1 aliphatic heterocycles. The van der Waals surface area contributed by atoms with Gasteiger partial charge in [-0.2, -0.15) is 0 Å². The first-order chi connectivity index (χ1) is 13.6. The summed E-state index contributed by atoms with van der Waals surface area (Å²) in [6.07, 6.45) is -0.249. The van der Waals surface area contributed by atoms with E-state index in [1.54, 1.807) is 16.2 Å². The number of quaternary nitrogens is 1. The van der Waals surface area contributed by atoms with Gasteiger partial charge in [0, 0.05) is 4.88 Å². The number of amides is 1. The second-order valence-electron chi connectivity index (χ2n) is 6.82. The smallest absolute Gasteiger partial charge is 0.410 e. The molecule has 1 aliphatic rings. The van der Waals surface area contributed by atoms with Crippen molar-refractivity contribution in [3.8, 4) is 10.4 Å². The fourth-order valence-corrected chi connectivity index (χ4v) is 4.49. The number of H-pyrrole nitrogens is 1. The summed E-state index contributed by atoms with van der Waals surface area (Å²) in [4.78, 5) is 36.8. The van der Waals surface area contributed by atoms with Gasteiger partial charge in [0.2, 0.25) is 0 Å². The van der Waals surface area contributed by atoms with E-state index in [-0.39, 0.29) is 11.7 Å². The highest BCUT2D eigenvalue weighted by Gasteiger charge is 2.25. The SMILES string of the molecule is CCOC(=O)N1CC[NH+](Cc2nc3sc(-c4ccccc4)cc3c(=O)[nH]2)CC1. The highest BCUT2D eigenvalue weighted by Crippen LogP contribution is 2.30. The van der Waals surface area contributed by atoms with E-state index in [1.807, 2.05) is 43.3 Å². The molecule has 3 aromatic rings. The van der Waals surface area contributed by atoms with Crippen molar-refractivity contribution in [1.82, 2.24) is 14.9 Å². The van der Waals surface area contributed by atoms with E-state index >= 15 is 0 Å². The molecule has 2 N–H and O–H groups in total. The zero-order chi connectivity index (χ0) is 19.5. The minimum atomic E-state index is -0.249. The van der Waals surface area contributed by atoms with Gasteiger partial charge in [-0.05, 0) is 18.6 Å². The number of carbonyl (C=O) groups excluding carboxylic acids is 1. The molecule has 3 heterocycles. The molecule has 1 fully saturated rings. The number of fused-ring (bicyclic) bond motifs is 1. The number of thiophene rings is 1. The maximum Gasteiger partial charge on any atom is 0.410 e. The van der Waals surface area contributed by atoms with Gasteiger partial charge in [-0.1, -0.05) is 30.3 Å². The van der Waals surface area contributed by atoms with Crippen LogP contribution in [0.15, 0.2) is 41.2 Å². The largest absolute Gasteiger partial charge is 0.450 e. The standard InChI is InChI=1S/C20H22N4O3S/c1-2-27-20(26)24-10-8-23(9-11-24)13-17-21-18(25)15-12-16(28-19(15)22-17)14-6-4-3-5-7-14/h3-7,12H,2,8-11,13H2,1H3,(H,21,22,25)/p+1. The van der Waals surface area contributed by atoms with Crippen LogP contribution in [-0.4, -0.2) is 53.7 Å². The van der Waals surface area contributed by atoms with Crippen LogP contribution in [0.1, 0.15) is 12.7 Å². The second kappa shape index (κ2) is 8.12. The molecule has 0 radical (unpaired) electrons. The quantitative estimate of drug-likeness (QED) is 0.697. The van der Waals surface area contributed by atoms with E-state index in [9.17, 15) is 9.59 Å². The monoisotopic (exact) mass is 399 g/mol. The highest BCUT2D eigenvalue weighted by atomic mass is 32.1. The molecule has 0 saturated carbocycles. The minimum absolute atomic E-state index is 0.0945. The van der Waals surface area contributed by atoms with Gasteiger partial charge in [0.15, 0.2) is 5.82 Å². The van der Waals surface area contributed by atoms with E-state index in [0.29, 0.717) is 37.5 Å². The molecule has 1 amide bonds. The van der Waals surface area contributed by atoms with Gasteiger partial charge < -0.3 is 14.6 Å². The first-order valence-electron chi connectivity index (χ1n) is 9.47. The lowest BCUT2D eigenvalue weighted by molar-refractivity contribution is -0.918. The predicted octanol–water partition coefficient (Wildman–Crippen LogP) is 1.51. The Bertz CT molecular complexity index is 1020. The van der Waals surface area contributed by atoms with E-state index in [1.165, 1.54) is 4.90 Å². The number of aromatic nitrogens is 2. The fraction of sp³-hybridized carbons (Fsp3) is 0.350. The van der Waals surface area contributed by atoms with Crippen molar-refractivity contribution in [3.05, 3.63) is 52.6 Å². The van der Waals surface area contributed by atoms with Gasteiger partial charge in [0.1, 0.15) is 11.4 Å². The minimum Gasteiger partial charge on any atom is -0.450 e. The van der Waals surface area contributed by atoms with Crippen molar-refractivity contribution in [2.24, 2.45) is 0 Å². The molecule has 0 spiro atoms. The Morgan fingerprint density at radius 2 is 2.04 bits per heavy atom. The van der Waals surface area contributed by atoms with Crippen molar-refractivity contribution in [2.75, 3.05) is 32.8 Å². The van der Waals surface area contributed by atoms with Gasteiger partial charge in [-0.15, -0.1) is 11.3 Å². The number of piperazine rings is 1. The third kappa shape index (κ3) is 3.93. The Morgan fingerprint density at radius 1 is 1.29 bits per heavy atom. The van der Waals surface area contributed by atoms with Crippen LogP contribution < -0.4 is 10.5 Å². The van der Waals surface area contributed by atoms with Crippen LogP contribution in [-0.2, 0) is 11.3 Å². The topological polar surface area (TPSA) is 79.7 Å². The molecular formula is C20H23N4O3S+. The predicted molar refractivity (Wildman–Crippen MR) is 109 cm³/mol. The Hall–Kier alpha value is -2.71. The first-order valence-corrected chi connectivity index (χ1v) is 10.3. The summed E-state index contributed by atoms with van der Waals surface area (Å²) in [7, 11) is 0. The van der Waals surface area contributed by atoms with Crippen LogP contribution in [0.2, 0.25) is 0 Å². The lowest BCUT2D eigenvalue weighted by atomic mass is 10.2. The summed E-state index contributed by atoms with van der Waals surface area (Å²) in [6, 6.07) is 11.9. The number of carbonyl (C=O) groups is 1. The zero-order valence-corrected chi connectivity index (χ0v) is 16.6. The van der Waals surface area contributed by atoms with Crippen LogP contribution in [0.3, 0.4) is 0 Å². The Labute approximate surface area is 166 Å². The molecule has 0 unspecified atom stereocenters. The summed E-state index contributed by atoms with van der Waals surface area (Å²) in [5.74, 6) is 0.693. The average molecular weight is 399 g/mol. The molecule has 1 saturated heterocycles. The van der Waals surface area contributed by atoms with Crippen LogP contribution in [0.25, 0.3) is 20.7 Å². The Balaban J connectivity index is 1.48. The molecule has 146 valence electrons. The fourth-order valence-electron chi connectivity index (χ4n) is 3.44. The summed E-state index contributed by atoms with van der Waals surface area (Å²) >= 11 is 1.54. The summed E-state index contributed by atoms with van der Waals surface area (Å²) in [6.45, 7) is 5.75. The van der Waals surface area contributed by atoms with Gasteiger partial charge in [-0.25, -0.2) is 9.78 Å². The normalized spacial score (nSPS) is 15.1. The highest BCUT2D eigenvalue weighted by molar-refractivity contribution is 7.21. The first kappa shape index (κ1) is 18.6. The maximum absolute atomic E-state index is 12.5. The van der Waals surface area contributed by atoms with Crippen molar-refractivity contribution in [2.45, 2.75) is 13.5 Å². The van der Waals surface area contributed by atoms with Gasteiger partial charge in [0.05, 0.1) is 38.2 Å². The maximum atomic E-state index is 12.5. The molecular weight excluding hydrogens is 376 g/mol. The number of ether oxygens (including phenoxy) is 1. The van der Waals surface area contributed by atoms with Gasteiger partial charge in [-0.3, -0.25) is 9.69 Å². The number of nitrogens with zero attached hydrogens (tertiary/aromatic N) is 2. The molecule has 4 rings (SSSR count). The van der Waals surface area contributed by atoms with E-state index < -0.39 is 0 Å². The molecule has 2 aromatic heterocycles. The van der Waals surface area contributed by atoms with E-state index in [2.05, 4.69) is 4.98 Å². The van der Waals surface area contributed by atoms with Crippen LogP contribution >= 0.6 is 11.3 Å². The number of hydrogen-bond donors (Lipinski definition) is 2. The van der Waals surface area contributed by atoms with Crippen molar-refractivity contribution in [3.63, 3.8) is 0 Å². The zero-order valence-electron chi connectivity index (χ0n) is 15.7. The second-order valence-corrected chi connectivity index (χ2v) is 7.85. The number of benzene rings is 1. The number of nitrogens with one attached hydrogen (secondary N) is 2. The number of rotatable bonds is 4. The summed E-state index contributed by atoms with van der Waals surface area (Å²) in [5.41, 5.74) is 0.996. The third-order valence-electron chi connectivity index (χ3n) is 4.92. The molecule has 0 atom stereocenters. The summed E-state index contributed by atoms with van der Waals surface area (Å²) in [5, 5.41) is 0.634. The van der Waals surface area contributed by atoms with Crippen LogP contribution in [0.4, 0.5) is 4.79 Å². The Morgan fingerprint density at radius 3 is 2.75 bits per heavy atom.